The fourth-order valence-corrected chi connectivity index (χ4v) is 4.44. The Morgan fingerprint density at radius 1 is 1.39 bits per heavy atom. The number of hydrogen-bond donors (Lipinski definition) is 1. The Bertz CT molecular complexity index is 480. The van der Waals surface area contributed by atoms with E-state index >= 15 is 0 Å². The van der Waals surface area contributed by atoms with Crippen molar-refractivity contribution in [1.82, 2.24) is 9.62 Å². The van der Waals surface area contributed by atoms with Crippen molar-refractivity contribution in [2.75, 3.05) is 20.1 Å². The molecule has 0 saturated carbocycles. The lowest BCUT2D eigenvalue weighted by atomic mass is 10.3. The van der Waals surface area contributed by atoms with E-state index in [4.69, 9.17) is 0 Å². The van der Waals surface area contributed by atoms with Gasteiger partial charge >= 0.3 is 0 Å². The highest BCUT2D eigenvalue weighted by Gasteiger charge is 2.22. The molecule has 0 unspecified atom stereocenters. The molecule has 0 atom stereocenters. The van der Waals surface area contributed by atoms with Crippen LogP contribution in [0.25, 0.3) is 0 Å². The van der Waals surface area contributed by atoms with Crippen molar-refractivity contribution in [2.24, 2.45) is 0 Å². The third-order valence-electron chi connectivity index (χ3n) is 2.82. The molecule has 1 aromatic rings. The van der Waals surface area contributed by atoms with Gasteiger partial charge in [-0.25, -0.2) is 12.7 Å². The molecule has 1 aromatic heterocycles. The molecule has 0 saturated heterocycles. The fourth-order valence-electron chi connectivity index (χ4n) is 1.49. The second-order valence-electron chi connectivity index (χ2n) is 4.27. The van der Waals surface area contributed by atoms with E-state index in [-0.39, 0.29) is 0 Å². The van der Waals surface area contributed by atoms with E-state index in [1.54, 1.807) is 13.1 Å². The zero-order valence-electron chi connectivity index (χ0n) is 11.5. The summed E-state index contributed by atoms with van der Waals surface area (Å²) in [5, 5.41) is 3.30. The van der Waals surface area contributed by atoms with E-state index in [9.17, 15) is 8.42 Å². The smallest absolute Gasteiger partial charge is 0.252 e. The minimum Gasteiger partial charge on any atom is -0.312 e. The Balaban J connectivity index is 2.90. The molecule has 104 valence electrons. The number of thiophene rings is 1. The van der Waals surface area contributed by atoms with Crippen LogP contribution in [0.15, 0.2) is 10.3 Å². The van der Waals surface area contributed by atoms with Gasteiger partial charge in [0.15, 0.2) is 0 Å². The minimum absolute atomic E-state index is 0.442. The molecular formula is C12H22N2O2S2. The molecule has 1 N–H and O–H groups in total. The lowest BCUT2D eigenvalue weighted by Crippen LogP contribution is -2.25. The number of hydrogen-bond acceptors (Lipinski definition) is 4. The predicted octanol–water partition coefficient (Wildman–Crippen LogP) is 2.20. The average molecular weight is 290 g/mol. The molecule has 4 nitrogen and oxygen atoms in total. The third kappa shape index (κ3) is 3.54. The van der Waals surface area contributed by atoms with Gasteiger partial charge in [-0.1, -0.05) is 13.8 Å². The lowest BCUT2D eigenvalue weighted by Gasteiger charge is -2.12. The first-order valence-electron chi connectivity index (χ1n) is 6.19. The first-order valence-corrected chi connectivity index (χ1v) is 8.45. The van der Waals surface area contributed by atoms with Crippen LogP contribution < -0.4 is 5.32 Å². The Hall–Kier alpha value is -0.430. The number of nitrogens with zero attached hydrogens (tertiary/aromatic N) is 1. The van der Waals surface area contributed by atoms with E-state index in [0.29, 0.717) is 10.8 Å². The largest absolute Gasteiger partial charge is 0.312 e. The molecule has 18 heavy (non-hydrogen) atoms. The van der Waals surface area contributed by atoms with Crippen LogP contribution in [0.2, 0.25) is 0 Å². The van der Waals surface area contributed by atoms with E-state index in [1.807, 2.05) is 13.8 Å². The topological polar surface area (TPSA) is 49.4 Å². The molecule has 0 aromatic carbocycles. The SMILES string of the molecule is CCCNCc1sc(S(=O)(=O)N(C)CC)cc1C. The molecule has 0 fully saturated rings. The summed E-state index contributed by atoms with van der Waals surface area (Å²) in [7, 11) is -1.69. The van der Waals surface area contributed by atoms with Crippen molar-refractivity contribution >= 4 is 21.4 Å². The first kappa shape index (κ1) is 15.6. The van der Waals surface area contributed by atoms with Gasteiger partial charge in [0.05, 0.1) is 0 Å². The maximum atomic E-state index is 12.2. The van der Waals surface area contributed by atoms with E-state index < -0.39 is 10.0 Å². The Kier molecular flexibility index (Phi) is 5.78. The molecule has 0 bridgehead atoms. The highest BCUT2D eigenvalue weighted by molar-refractivity contribution is 7.91. The molecule has 0 amide bonds. The van der Waals surface area contributed by atoms with Crippen LogP contribution in [-0.4, -0.2) is 32.9 Å². The average Bonchev–Trinajstić information content (AvgIpc) is 2.71. The summed E-state index contributed by atoms with van der Waals surface area (Å²) in [5.74, 6) is 0. The van der Waals surface area contributed by atoms with Gasteiger partial charge < -0.3 is 5.32 Å². The molecule has 0 aliphatic carbocycles. The van der Waals surface area contributed by atoms with E-state index in [2.05, 4.69) is 12.2 Å². The Morgan fingerprint density at radius 3 is 2.61 bits per heavy atom. The molecule has 0 aliphatic rings. The summed E-state index contributed by atoms with van der Waals surface area (Å²) in [5.41, 5.74) is 1.05. The van der Waals surface area contributed by atoms with E-state index in [0.717, 1.165) is 30.0 Å². The molecule has 1 rings (SSSR count). The van der Waals surface area contributed by atoms with Crippen LogP contribution in [0.4, 0.5) is 0 Å². The summed E-state index contributed by atoms with van der Waals surface area (Å²) in [6, 6.07) is 1.77. The number of nitrogens with one attached hydrogen (secondary N) is 1. The van der Waals surface area contributed by atoms with Crippen molar-refractivity contribution in [3.05, 3.63) is 16.5 Å². The van der Waals surface area contributed by atoms with Gasteiger partial charge in [-0.05, 0) is 31.5 Å². The van der Waals surface area contributed by atoms with Crippen LogP contribution in [0.3, 0.4) is 0 Å². The minimum atomic E-state index is -3.30. The van der Waals surface area contributed by atoms with Crippen molar-refractivity contribution in [2.45, 2.75) is 37.9 Å². The highest BCUT2D eigenvalue weighted by atomic mass is 32.2. The maximum Gasteiger partial charge on any atom is 0.252 e. The van der Waals surface area contributed by atoms with Gasteiger partial charge in [-0.15, -0.1) is 11.3 Å². The third-order valence-corrected chi connectivity index (χ3v) is 6.44. The highest BCUT2D eigenvalue weighted by Crippen LogP contribution is 2.27. The number of rotatable bonds is 7. The number of sulfonamides is 1. The Labute approximate surface area is 114 Å². The molecule has 0 radical (unpaired) electrons. The summed E-state index contributed by atoms with van der Waals surface area (Å²) in [4.78, 5) is 1.10. The summed E-state index contributed by atoms with van der Waals surface area (Å²) in [6.45, 7) is 8.10. The second kappa shape index (κ2) is 6.65. The lowest BCUT2D eigenvalue weighted by molar-refractivity contribution is 0.488. The van der Waals surface area contributed by atoms with E-state index in [1.165, 1.54) is 15.6 Å². The molecular weight excluding hydrogens is 268 g/mol. The van der Waals surface area contributed by atoms with Crippen LogP contribution in [0.1, 0.15) is 30.7 Å². The van der Waals surface area contributed by atoms with Crippen LogP contribution in [0, 0.1) is 6.92 Å². The molecule has 6 heteroatoms. The zero-order valence-corrected chi connectivity index (χ0v) is 13.1. The first-order chi connectivity index (χ1) is 8.43. The van der Waals surface area contributed by atoms with Gasteiger partial charge in [0.1, 0.15) is 4.21 Å². The second-order valence-corrected chi connectivity index (χ2v) is 7.68. The van der Waals surface area contributed by atoms with Crippen molar-refractivity contribution < 1.29 is 8.42 Å². The summed E-state index contributed by atoms with van der Waals surface area (Å²) < 4.78 is 26.2. The van der Waals surface area contributed by atoms with Crippen molar-refractivity contribution in [3.8, 4) is 0 Å². The van der Waals surface area contributed by atoms with Gasteiger partial charge in [-0.3, -0.25) is 0 Å². The predicted molar refractivity (Wildman–Crippen MR) is 76.5 cm³/mol. The maximum absolute atomic E-state index is 12.2. The summed E-state index contributed by atoms with van der Waals surface area (Å²) in [6.07, 6.45) is 1.08. The van der Waals surface area contributed by atoms with Crippen LogP contribution >= 0.6 is 11.3 Å². The van der Waals surface area contributed by atoms with Crippen molar-refractivity contribution in [3.63, 3.8) is 0 Å². The zero-order chi connectivity index (χ0) is 13.8. The monoisotopic (exact) mass is 290 g/mol. The summed E-state index contributed by atoms with van der Waals surface area (Å²) >= 11 is 1.37. The molecule has 0 aliphatic heterocycles. The van der Waals surface area contributed by atoms with Gasteiger partial charge in [0.25, 0.3) is 10.0 Å². The van der Waals surface area contributed by atoms with Gasteiger partial charge in [0.2, 0.25) is 0 Å². The standard InChI is InChI=1S/C12H22N2O2S2/c1-5-7-13-9-11-10(3)8-12(17-11)18(15,16)14(4)6-2/h8,13H,5-7,9H2,1-4H3. The van der Waals surface area contributed by atoms with Crippen molar-refractivity contribution in [1.29, 1.82) is 0 Å². The van der Waals surface area contributed by atoms with Crippen LogP contribution in [0.5, 0.6) is 0 Å². The quantitative estimate of drug-likeness (QED) is 0.783. The fraction of sp³-hybridized carbons (Fsp3) is 0.667. The van der Waals surface area contributed by atoms with Crippen LogP contribution in [-0.2, 0) is 16.6 Å². The molecule has 0 spiro atoms. The molecule has 1 heterocycles. The normalized spacial score (nSPS) is 12.3. The number of aryl methyl sites for hydroxylation is 1. The van der Waals surface area contributed by atoms with Gasteiger partial charge in [-0.2, -0.15) is 0 Å². The Morgan fingerprint density at radius 2 is 2.06 bits per heavy atom. The van der Waals surface area contributed by atoms with Gasteiger partial charge in [0, 0.05) is 25.0 Å².